The number of aromatic nitrogens is 1. The average Bonchev–Trinajstić information content (AvgIpc) is 2.64. The molecular weight excluding hydrogens is 317 g/mol. The van der Waals surface area contributed by atoms with Crippen LogP contribution in [0.5, 0.6) is 0 Å². The fourth-order valence-electron chi connectivity index (χ4n) is 2.39. The molecule has 0 fully saturated rings. The van der Waals surface area contributed by atoms with Crippen molar-refractivity contribution < 1.29 is 9.18 Å². The molecule has 0 bridgehead atoms. The quantitative estimate of drug-likeness (QED) is 0.712. The Labute approximate surface area is 145 Å². The molecule has 0 atom stereocenters. The molecule has 2 N–H and O–H groups in total. The highest BCUT2D eigenvalue weighted by molar-refractivity contribution is 6.03. The highest BCUT2D eigenvalue weighted by atomic mass is 19.1. The highest BCUT2D eigenvalue weighted by Crippen LogP contribution is 2.12. The van der Waals surface area contributed by atoms with Crippen LogP contribution in [0, 0.1) is 5.82 Å². The zero-order valence-electron chi connectivity index (χ0n) is 13.6. The molecular formula is C20H18FN3O. The van der Waals surface area contributed by atoms with Gasteiger partial charge in [-0.3, -0.25) is 4.79 Å². The third kappa shape index (κ3) is 4.88. The van der Waals surface area contributed by atoms with Crippen molar-refractivity contribution in [2.75, 3.05) is 17.2 Å². The van der Waals surface area contributed by atoms with Gasteiger partial charge in [-0.2, -0.15) is 0 Å². The van der Waals surface area contributed by atoms with E-state index < -0.39 is 11.7 Å². The van der Waals surface area contributed by atoms with Gasteiger partial charge in [0.1, 0.15) is 11.6 Å². The molecule has 0 saturated carbocycles. The summed E-state index contributed by atoms with van der Waals surface area (Å²) in [5, 5.41) is 5.94. The number of amides is 1. The van der Waals surface area contributed by atoms with Crippen LogP contribution in [0.4, 0.5) is 15.9 Å². The van der Waals surface area contributed by atoms with Crippen LogP contribution in [0.25, 0.3) is 0 Å². The lowest BCUT2D eigenvalue weighted by Crippen LogP contribution is -2.13. The number of carbonyl (C=O) groups excluding carboxylic acids is 1. The number of rotatable bonds is 6. The van der Waals surface area contributed by atoms with Crippen LogP contribution in [0.15, 0.2) is 72.9 Å². The molecule has 0 saturated heterocycles. The highest BCUT2D eigenvalue weighted by Gasteiger charge is 2.07. The standard InChI is InChI=1S/C20H18FN3O/c21-17-8-4-7-16(13-17)20(25)24-19-10-9-18(14-23-19)22-12-11-15-5-2-1-3-6-15/h1-10,13-14,22H,11-12H2,(H,23,24,25). The Morgan fingerprint density at radius 2 is 1.84 bits per heavy atom. The van der Waals surface area contributed by atoms with E-state index in [0.717, 1.165) is 18.7 Å². The van der Waals surface area contributed by atoms with Crippen molar-refractivity contribution in [3.8, 4) is 0 Å². The molecule has 1 heterocycles. The SMILES string of the molecule is O=C(Nc1ccc(NCCc2ccccc2)cn1)c1cccc(F)c1. The van der Waals surface area contributed by atoms with E-state index in [2.05, 4.69) is 27.8 Å². The second-order valence-corrected chi connectivity index (χ2v) is 5.56. The number of anilines is 2. The fourth-order valence-corrected chi connectivity index (χ4v) is 2.39. The summed E-state index contributed by atoms with van der Waals surface area (Å²) in [7, 11) is 0. The molecule has 0 spiro atoms. The van der Waals surface area contributed by atoms with Crippen molar-refractivity contribution in [3.63, 3.8) is 0 Å². The van der Waals surface area contributed by atoms with Gasteiger partial charge < -0.3 is 10.6 Å². The first-order valence-corrected chi connectivity index (χ1v) is 8.01. The second-order valence-electron chi connectivity index (χ2n) is 5.56. The molecule has 0 aliphatic rings. The molecule has 1 aromatic heterocycles. The van der Waals surface area contributed by atoms with Crippen LogP contribution in [0.2, 0.25) is 0 Å². The van der Waals surface area contributed by atoms with Gasteiger partial charge in [0.15, 0.2) is 0 Å². The minimum Gasteiger partial charge on any atom is -0.383 e. The first-order valence-electron chi connectivity index (χ1n) is 8.01. The number of nitrogens with one attached hydrogen (secondary N) is 2. The number of benzene rings is 2. The third-order valence-corrected chi connectivity index (χ3v) is 3.68. The predicted molar refractivity (Wildman–Crippen MR) is 97.2 cm³/mol. The molecule has 3 aromatic rings. The number of halogens is 1. The molecule has 3 rings (SSSR count). The van der Waals surface area contributed by atoms with Gasteiger partial charge >= 0.3 is 0 Å². The van der Waals surface area contributed by atoms with Crippen molar-refractivity contribution in [1.82, 2.24) is 4.98 Å². The first-order chi connectivity index (χ1) is 12.2. The zero-order chi connectivity index (χ0) is 17.5. The van der Waals surface area contributed by atoms with E-state index in [1.165, 1.54) is 23.8 Å². The Morgan fingerprint density at radius 1 is 1.00 bits per heavy atom. The van der Waals surface area contributed by atoms with E-state index in [-0.39, 0.29) is 5.56 Å². The van der Waals surface area contributed by atoms with Crippen LogP contribution in [-0.4, -0.2) is 17.4 Å². The second kappa shape index (κ2) is 8.06. The van der Waals surface area contributed by atoms with E-state index in [9.17, 15) is 9.18 Å². The number of hydrogen-bond acceptors (Lipinski definition) is 3. The average molecular weight is 335 g/mol. The molecule has 25 heavy (non-hydrogen) atoms. The summed E-state index contributed by atoms with van der Waals surface area (Å²) in [6, 6.07) is 19.3. The number of carbonyl (C=O) groups is 1. The summed E-state index contributed by atoms with van der Waals surface area (Å²) in [4.78, 5) is 16.3. The number of nitrogens with zero attached hydrogens (tertiary/aromatic N) is 1. The molecule has 126 valence electrons. The van der Waals surface area contributed by atoms with Crippen LogP contribution < -0.4 is 10.6 Å². The minimum atomic E-state index is -0.446. The third-order valence-electron chi connectivity index (χ3n) is 3.68. The molecule has 0 aliphatic carbocycles. The smallest absolute Gasteiger partial charge is 0.256 e. The van der Waals surface area contributed by atoms with Crippen molar-refractivity contribution in [3.05, 3.63) is 89.9 Å². The zero-order valence-corrected chi connectivity index (χ0v) is 13.6. The van der Waals surface area contributed by atoms with E-state index in [4.69, 9.17) is 0 Å². The van der Waals surface area contributed by atoms with Crippen molar-refractivity contribution in [2.24, 2.45) is 0 Å². The maximum Gasteiger partial charge on any atom is 0.256 e. The van der Waals surface area contributed by atoms with Crippen LogP contribution >= 0.6 is 0 Å². The topological polar surface area (TPSA) is 54.0 Å². The van der Waals surface area contributed by atoms with Gasteiger partial charge in [0.2, 0.25) is 0 Å². The first kappa shape index (κ1) is 16.6. The number of hydrogen-bond donors (Lipinski definition) is 2. The summed E-state index contributed by atoms with van der Waals surface area (Å²) in [5.41, 5.74) is 2.40. The maximum absolute atomic E-state index is 13.2. The summed E-state index contributed by atoms with van der Waals surface area (Å²) in [5.74, 6) is -0.418. The largest absolute Gasteiger partial charge is 0.383 e. The summed E-state index contributed by atoms with van der Waals surface area (Å²) in [6.45, 7) is 0.792. The van der Waals surface area contributed by atoms with Gasteiger partial charge in [0.25, 0.3) is 5.91 Å². The summed E-state index contributed by atoms with van der Waals surface area (Å²) >= 11 is 0. The lowest BCUT2D eigenvalue weighted by atomic mass is 10.1. The normalized spacial score (nSPS) is 10.3. The molecule has 5 heteroatoms. The van der Waals surface area contributed by atoms with Gasteiger partial charge in [-0.15, -0.1) is 0 Å². The Hall–Kier alpha value is -3.21. The minimum absolute atomic E-state index is 0.256. The summed E-state index contributed by atoms with van der Waals surface area (Å²) < 4.78 is 13.2. The van der Waals surface area contributed by atoms with Crippen LogP contribution in [0.1, 0.15) is 15.9 Å². The molecule has 1 amide bonds. The van der Waals surface area contributed by atoms with E-state index in [1.807, 2.05) is 24.3 Å². The van der Waals surface area contributed by atoms with Crippen molar-refractivity contribution >= 4 is 17.4 Å². The molecule has 0 unspecified atom stereocenters. The van der Waals surface area contributed by atoms with Gasteiger partial charge in [-0.1, -0.05) is 36.4 Å². The Balaban J connectivity index is 1.52. The molecule has 2 aromatic carbocycles. The van der Waals surface area contributed by atoms with Crippen molar-refractivity contribution in [2.45, 2.75) is 6.42 Å². The Bertz CT molecular complexity index is 835. The summed E-state index contributed by atoms with van der Waals surface area (Å²) in [6.07, 6.45) is 2.57. The van der Waals surface area contributed by atoms with Gasteiger partial charge in [-0.25, -0.2) is 9.37 Å². The monoisotopic (exact) mass is 335 g/mol. The Morgan fingerprint density at radius 3 is 2.56 bits per heavy atom. The van der Waals surface area contributed by atoms with Gasteiger partial charge in [0, 0.05) is 12.1 Å². The van der Waals surface area contributed by atoms with E-state index in [1.54, 1.807) is 18.3 Å². The van der Waals surface area contributed by atoms with Crippen molar-refractivity contribution in [1.29, 1.82) is 0 Å². The molecule has 4 nitrogen and oxygen atoms in total. The Kier molecular flexibility index (Phi) is 5.36. The van der Waals surface area contributed by atoms with Crippen LogP contribution in [0.3, 0.4) is 0 Å². The predicted octanol–water partition coefficient (Wildman–Crippen LogP) is 4.13. The van der Waals surface area contributed by atoms with E-state index >= 15 is 0 Å². The fraction of sp³-hybridized carbons (Fsp3) is 0.100. The number of pyridine rings is 1. The lowest BCUT2D eigenvalue weighted by Gasteiger charge is -2.08. The van der Waals surface area contributed by atoms with E-state index in [0.29, 0.717) is 5.82 Å². The van der Waals surface area contributed by atoms with Gasteiger partial charge in [-0.05, 0) is 42.3 Å². The molecule has 0 radical (unpaired) electrons. The van der Waals surface area contributed by atoms with Gasteiger partial charge in [0.05, 0.1) is 11.9 Å². The maximum atomic E-state index is 13.2. The van der Waals surface area contributed by atoms with Crippen LogP contribution in [-0.2, 0) is 6.42 Å². The lowest BCUT2D eigenvalue weighted by molar-refractivity contribution is 0.102. The molecule has 0 aliphatic heterocycles.